The van der Waals surface area contributed by atoms with E-state index in [1.165, 1.54) is 35.9 Å². The van der Waals surface area contributed by atoms with Crippen molar-refractivity contribution in [2.45, 2.75) is 19.3 Å². The number of aromatic nitrogens is 2. The maximum absolute atomic E-state index is 4.67. The number of hydrogen-bond donors (Lipinski definition) is 0. The third-order valence-electron chi connectivity index (χ3n) is 4.30. The summed E-state index contributed by atoms with van der Waals surface area (Å²) in [5.41, 5.74) is 2.45. The van der Waals surface area contributed by atoms with E-state index < -0.39 is 0 Å². The molecule has 0 unspecified atom stereocenters. The molecule has 0 N–H and O–H groups in total. The van der Waals surface area contributed by atoms with Gasteiger partial charge in [0.15, 0.2) is 0 Å². The van der Waals surface area contributed by atoms with Crippen molar-refractivity contribution in [3.05, 3.63) is 54.9 Å². The number of piperidine rings is 1. The largest absolute Gasteiger partial charge is 0.370 e. The molecule has 1 aliphatic heterocycles. The van der Waals surface area contributed by atoms with Crippen LogP contribution in [0.3, 0.4) is 0 Å². The Morgan fingerprint density at radius 1 is 0.857 bits per heavy atom. The first kappa shape index (κ1) is 12.5. The molecule has 0 bridgehead atoms. The predicted octanol–water partition coefficient (Wildman–Crippen LogP) is 4.02. The van der Waals surface area contributed by atoms with Crippen LogP contribution in [-0.4, -0.2) is 22.6 Å². The van der Waals surface area contributed by atoms with Gasteiger partial charge >= 0.3 is 0 Å². The molecule has 4 rings (SSSR count). The van der Waals surface area contributed by atoms with Gasteiger partial charge in [0.25, 0.3) is 0 Å². The second-order valence-electron chi connectivity index (χ2n) is 5.67. The Balaban J connectivity index is 1.67. The summed E-state index contributed by atoms with van der Waals surface area (Å²) in [5, 5.41) is 1.25. The van der Waals surface area contributed by atoms with Crippen LogP contribution in [0, 0.1) is 0 Å². The second-order valence-corrected chi connectivity index (χ2v) is 5.67. The van der Waals surface area contributed by atoms with Crippen LogP contribution in [0.2, 0.25) is 0 Å². The summed E-state index contributed by atoms with van der Waals surface area (Å²) in [6.45, 7) is 2.32. The molecule has 21 heavy (non-hydrogen) atoms. The van der Waals surface area contributed by atoms with Crippen LogP contribution >= 0.6 is 0 Å². The normalized spacial score (nSPS) is 15.5. The Morgan fingerprint density at radius 3 is 2.52 bits per heavy atom. The number of nitrogens with zero attached hydrogens (tertiary/aromatic N) is 3. The smallest absolute Gasteiger partial charge is 0.137 e. The molecule has 1 aliphatic rings. The number of benzene rings is 1. The molecule has 1 aromatic carbocycles. The van der Waals surface area contributed by atoms with Gasteiger partial charge in [-0.15, -0.1) is 0 Å². The maximum Gasteiger partial charge on any atom is 0.137 e. The van der Waals surface area contributed by atoms with Crippen LogP contribution in [0.15, 0.2) is 54.9 Å². The molecular weight excluding hydrogens is 258 g/mol. The molecule has 0 aliphatic carbocycles. The minimum absolute atomic E-state index is 0.983. The molecular formula is C18H19N3. The van der Waals surface area contributed by atoms with Crippen LogP contribution in [0.1, 0.15) is 19.3 Å². The lowest BCUT2D eigenvalue weighted by molar-refractivity contribution is 0.577. The number of hydrogen-bond acceptors (Lipinski definition) is 2. The summed E-state index contributed by atoms with van der Waals surface area (Å²) in [7, 11) is 0. The van der Waals surface area contributed by atoms with E-state index >= 15 is 0 Å². The van der Waals surface area contributed by atoms with Crippen molar-refractivity contribution >= 4 is 16.6 Å². The van der Waals surface area contributed by atoms with Gasteiger partial charge in [0.2, 0.25) is 0 Å². The van der Waals surface area contributed by atoms with E-state index in [0.717, 1.165) is 18.9 Å². The Kier molecular flexibility index (Phi) is 3.11. The van der Waals surface area contributed by atoms with E-state index in [4.69, 9.17) is 0 Å². The standard InChI is InChI=1S/C18H19N3/c1-4-11-20(12-5-1)16-8-9-18(19-14-16)21-13-10-15-6-2-3-7-17(15)21/h2-3,6-10,13-14H,1,4-5,11-12H2. The highest BCUT2D eigenvalue weighted by Crippen LogP contribution is 2.22. The van der Waals surface area contributed by atoms with Crippen molar-refractivity contribution in [1.82, 2.24) is 9.55 Å². The summed E-state index contributed by atoms with van der Waals surface area (Å²) in [4.78, 5) is 7.11. The molecule has 3 heteroatoms. The summed E-state index contributed by atoms with van der Waals surface area (Å²) < 4.78 is 2.15. The van der Waals surface area contributed by atoms with E-state index in [1.54, 1.807) is 0 Å². The van der Waals surface area contributed by atoms with Crippen molar-refractivity contribution < 1.29 is 0 Å². The lowest BCUT2D eigenvalue weighted by Crippen LogP contribution is -2.29. The van der Waals surface area contributed by atoms with Gasteiger partial charge in [-0.05, 0) is 48.9 Å². The topological polar surface area (TPSA) is 21.1 Å². The fraction of sp³-hybridized carbons (Fsp3) is 0.278. The minimum atomic E-state index is 0.983. The molecule has 0 radical (unpaired) electrons. The molecule has 3 nitrogen and oxygen atoms in total. The zero-order chi connectivity index (χ0) is 14.1. The summed E-state index contributed by atoms with van der Waals surface area (Å²) in [6, 6.07) is 14.9. The summed E-state index contributed by atoms with van der Waals surface area (Å²) in [5.74, 6) is 0.983. The lowest BCUT2D eigenvalue weighted by atomic mass is 10.1. The number of rotatable bonds is 2. The van der Waals surface area contributed by atoms with Crippen molar-refractivity contribution in [3.8, 4) is 5.82 Å². The highest BCUT2D eigenvalue weighted by atomic mass is 15.1. The van der Waals surface area contributed by atoms with Gasteiger partial charge in [-0.3, -0.25) is 0 Å². The van der Waals surface area contributed by atoms with Gasteiger partial charge in [0.1, 0.15) is 5.82 Å². The zero-order valence-corrected chi connectivity index (χ0v) is 12.1. The molecule has 1 saturated heterocycles. The van der Waals surface area contributed by atoms with Gasteiger partial charge in [-0.25, -0.2) is 4.98 Å². The van der Waals surface area contributed by atoms with E-state index in [9.17, 15) is 0 Å². The molecule has 1 fully saturated rings. The van der Waals surface area contributed by atoms with Crippen LogP contribution < -0.4 is 4.90 Å². The minimum Gasteiger partial charge on any atom is -0.370 e. The highest BCUT2D eigenvalue weighted by Gasteiger charge is 2.11. The van der Waals surface area contributed by atoms with Gasteiger partial charge in [0.05, 0.1) is 17.4 Å². The Hall–Kier alpha value is -2.29. The first-order valence-corrected chi connectivity index (χ1v) is 7.69. The SMILES string of the molecule is c1ccc2c(c1)ccn2-c1ccc(N2CCCCC2)cn1. The molecule has 2 aromatic heterocycles. The second kappa shape index (κ2) is 5.24. The van der Waals surface area contributed by atoms with Crippen molar-refractivity contribution in [2.75, 3.05) is 18.0 Å². The van der Waals surface area contributed by atoms with Crippen LogP contribution in [0.4, 0.5) is 5.69 Å². The van der Waals surface area contributed by atoms with Crippen molar-refractivity contribution in [1.29, 1.82) is 0 Å². The van der Waals surface area contributed by atoms with Crippen LogP contribution in [-0.2, 0) is 0 Å². The molecule has 0 spiro atoms. The van der Waals surface area contributed by atoms with Crippen LogP contribution in [0.5, 0.6) is 0 Å². The van der Waals surface area contributed by atoms with E-state index in [2.05, 4.69) is 63.1 Å². The first-order chi connectivity index (χ1) is 10.4. The van der Waals surface area contributed by atoms with E-state index in [-0.39, 0.29) is 0 Å². The average molecular weight is 277 g/mol. The maximum atomic E-state index is 4.67. The number of anilines is 1. The lowest BCUT2D eigenvalue weighted by Gasteiger charge is -2.28. The molecule has 3 aromatic rings. The molecule has 0 atom stereocenters. The Morgan fingerprint density at radius 2 is 1.71 bits per heavy atom. The third kappa shape index (κ3) is 2.29. The highest BCUT2D eigenvalue weighted by molar-refractivity contribution is 5.81. The molecule has 3 heterocycles. The fourth-order valence-electron chi connectivity index (χ4n) is 3.14. The summed E-state index contributed by atoms with van der Waals surface area (Å²) in [6.07, 6.45) is 8.05. The quantitative estimate of drug-likeness (QED) is 0.705. The number of fused-ring (bicyclic) bond motifs is 1. The van der Waals surface area contributed by atoms with Crippen LogP contribution in [0.25, 0.3) is 16.7 Å². The third-order valence-corrected chi connectivity index (χ3v) is 4.30. The number of para-hydroxylation sites is 1. The Labute approximate surface area is 124 Å². The molecule has 0 amide bonds. The average Bonchev–Trinajstić information content (AvgIpc) is 3.00. The zero-order valence-electron chi connectivity index (χ0n) is 12.1. The Bertz CT molecular complexity index is 737. The predicted molar refractivity (Wildman–Crippen MR) is 87.1 cm³/mol. The monoisotopic (exact) mass is 277 g/mol. The van der Waals surface area contributed by atoms with Crippen molar-refractivity contribution in [2.24, 2.45) is 0 Å². The fourth-order valence-corrected chi connectivity index (χ4v) is 3.14. The van der Waals surface area contributed by atoms with Gasteiger partial charge in [0, 0.05) is 19.3 Å². The summed E-state index contributed by atoms with van der Waals surface area (Å²) >= 11 is 0. The van der Waals surface area contributed by atoms with Gasteiger partial charge in [-0.1, -0.05) is 18.2 Å². The van der Waals surface area contributed by atoms with Gasteiger partial charge < -0.3 is 9.47 Å². The number of pyridine rings is 1. The van der Waals surface area contributed by atoms with E-state index in [1.807, 2.05) is 6.20 Å². The van der Waals surface area contributed by atoms with Gasteiger partial charge in [-0.2, -0.15) is 0 Å². The van der Waals surface area contributed by atoms with E-state index in [0.29, 0.717) is 0 Å². The first-order valence-electron chi connectivity index (χ1n) is 7.69. The molecule has 106 valence electrons. The van der Waals surface area contributed by atoms with Crippen molar-refractivity contribution in [3.63, 3.8) is 0 Å². The molecule has 0 saturated carbocycles.